The highest BCUT2D eigenvalue weighted by Crippen LogP contribution is 2.36. The second-order valence-corrected chi connectivity index (χ2v) is 7.06. The fourth-order valence-corrected chi connectivity index (χ4v) is 3.63. The minimum atomic E-state index is -1.49. The van der Waals surface area contributed by atoms with Crippen LogP contribution in [0.3, 0.4) is 0 Å². The zero-order valence-corrected chi connectivity index (χ0v) is 15.6. The number of rotatable bonds is 6. The number of fused-ring (bicyclic) bond motifs is 1. The van der Waals surface area contributed by atoms with Crippen LogP contribution in [-0.4, -0.2) is 39.1 Å². The van der Waals surface area contributed by atoms with Crippen LogP contribution in [0.4, 0.5) is 17.6 Å². The molecule has 0 bridgehead atoms. The third kappa shape index (κ3) is 4.03. The molecule has 156 valence electrons. The summed E-state index contributed by atoms with van der Waals surface area (Å²) in [6.07, 6.45) is -0.214. The monoisotopic (exact) mass is 432 g/mol. The maximum Gasteiger partial charge on any atom is 0.322 e. The molecule has 29 heavy (non-hydrogen) atoms. The average Bonchev–Trinajstić information content (AvgIpc) is 3.19. The standard InChI is InChI=1S/C17H16F4N4O3S/c18-7-2-8(19)15(21)13(14(7)20)6-1-11-10(24-17(29)25(11)5-6)3-12(26)23-4-9(22)16(27)28/h2,6,9H,1,3-5,22H2,(H,23,26)(H,24,29)(H,27,28)/t6-,9-/m0/s1. The van der Waals surface area contributed by atoms with Crippen molar-refractivity contribution in [3.8, 4) is 0 Å². The Morgan fingerprint density at radius 3 is 2.52 bits per heavy atom. The number of nitrogens with one attached hydrogen (secondary N) is 2. The normalized spacial score (nSPS) is 16.5. The number of carbonyl (C=O) groups excluding carboxylic acids is 1. The largest absolute Gasteiger partial charge is 0.480 e. The molecule has 0 fully saturated rings. The van der Waals surface area contributed by atoms with Gasteiger partial charge in [0.1, 0.15) is 6.04 Å². The summed E-state index contributed by atoms with van der Waals surface area (Å²) >= 11 is 5.16. The van der Waals surface area contributed by atoms with E-state index in [4.69, 9.17) is 23.1 Å². The molecule has 0 saturated heterocycles. The first-order valence-electron chi connectivity index (χ1n) is 8.48. The van der Waals surface area contributed by atoms with Crippen molar-refractivity contribution in [2.24, 2.45) is 5.73 Å². The summed E-state index contributed by atoms with van der Waals surface area (Å²) in [6.45, 7) is -0.306. The Hall–Kier alpha value is -2.73. The molecular weight excluding hydrogens is 416 g/mol. The summed E-state index contributed by atoms with van der Waals surface area (Å²) < 4.78 is 57.0. The molecule has 2 aromatic rings. The van der Waals surface area contributed by atoms with Crippen molar-refractivity contribution in [1.82, 2.24) is 14.9 Å². The lowest BCUT2D eigenvalue weighted by Crippen LogP contribution is -2.42. The van der Waals surface area contributed by atoms with Gasteiger partial charge >= 0.3 is 5.97 Å². The number of benzene rings is 1. The maximum absolute atomic E-state index is 14.1. The molecule has 0 unspecified atom stereocenters. The molecular formula is C17H16F4N4O3S. The molecule has 0 saturated carbocycles. The molecule has 2 atom stereocenters. The van der Waals surface area contributed by atoms with Crippen LogP contribution in [0.5, 0.6) is 0 Å². The number of aromatic amines is 1. The van der Waals surface area contributed by atoms with Gasteiger partial charge in [-0.05, 0) is 18.6 Å². The van der Waals surface area contributed by atoms with Crippen molar-refractivity contribution in [2.75, 3.05) is 6.54 Å². The highest BCUT2D eigenvalue weighted by atomic mass is 32.1. The Morgan fingerprint density at radius 1 is 1.31 bits per heavy atom. The van der Waals surface area contributed by atoms with E-state index in [2.05, 4.69) is 10.3 Å². The number of halogens is 4. The Bertz CT molecular complexity index is 1030. The fourth-order valence-electron chi connectivity index (χ4n) is 3.32. The number of hydrogen-bond acceptors (Lipinski definition) is 4. The van der Waals surface area contributed by atoms with Gasteiger partial charge in [0.2, 0.25) is 5.91 Å². The lowest BCUT2D eigenvalue weighted by atomic mass is 9.94. The number of carbonyl (C=O) groups is 2. The van der Waals surface area contributed by atoms with Crippen LogP contribution in [0.2, 0.25) is 0 Å². The molecule has 1 aliphatic rings. The van der Waals surface area contributed by atoms with E-state index in [0.717, 1.165) is 0 Å². The van der Waals surface area contributed by atoms with Gasteiger partial charge in [0.25, 0.3) is 0 Å². The molecule has 5 N–H and O–H groups in total. The van der Waals surface area contributed by atoms with Gasteiger partial charge in [-0.15, -0.1) is 0 Å². The SMILES string of the molecule is N[C@@H](CNC(=O)Cc1[nH]c(=S)n2c1C[C@H](c1c(F)c(F)cc(F)c1F)C2)C(=O)O. The van der Waals surface area contributed by atoms with Crippen LogP contribution < -0.4 is 11.1 Å². The first-order chi connectivity index (χ1) is 13.6. The van der Waals surface area contributed by atoms with E-state index in [0.29, 0.717) is 11.4 Å². The number of aromatic nitrogens is 2. The van der Waals surface area contributed by atoms with Gasteiger partial charge in [-0.3, -0.25) is 9.59 Å². The first kappa shape index (κ1) is 21.0. The summed E-state index contributed by atoms with van der Waals surface area (Å²) in [4.78, 5) is 25.6. The van der Waals surface area contributed by atoms with Crippen LogP contribution in [-0.2, 0) is 29.0 Å². The zero-order valence-electron chi connectivity index (χ0n) is 14.8. The summed E-state index contributed by atoms with van der Waals surface area (Å²) in [5, 5.41) is 11.1. The molecule has 1 amide bonds. The molecule has 1 aliphatic heterocycles. The van der Waals surface area contributed by atoms with Crippen molar-refractivity contribution in [3.63, 3.8) is 0 Å². The molecule has 12 heteroatoms. The highest BCUT2D eigenvalue weighted by Gasteiger charge is 2.33. The summed E-state index contributed by atoms with van der Waals surface area (Å²) in [7, 11) is 0. The van der Waals surface area contributed by atoms with Crippen molar-refractivity contribution >= 4 is 24.1 Å². The van der Waals surface area contributed by atoms with Crippen molar-refractivity contribution in [1.29, 1.82) is 0 Å². The Balaban J connectivity index is 1.80. The van der Waals surface area contributed by atoms with Gasteiger partial charge in [-0.25, -0.2) is 17.6 Å². The number of carboxylic acid groups (broad SMARTS) is 1. The fraction of sp³-hybridized carbons (Fsp3) is 0.353. The molecule has 1 aromatic heterocycles. The molecule has 1 aromatic carbocycles. The van der Waals surface area contributed by atoms with Gasteiger partial charge in [0, 0.05) is 42.0 Å². The second-order valence-electron chi connectivity index (χ2n) is 6.67. The van der Waals surface area contributed by atoms with Gasteiger partial charge in [0.05, 0.1) is 6.42 Å². The van der Waals surface area contributed by atoms with Gasteiger partial charge in [-0.2, -0.15) is 0 Å². The van der Waals surface area contributed by atoms with Crippen LogP contribution in [0.15, 0.2) is 6.07 Å². The predicted molar refractivity (Wildman–Crippen MR) is 94.7 cm³/mol. The molecule has 3 rings (SSSR count). The number of nitrogens with two attached hydrogens (primary N) is 1. The van der Waals surface area contributed by atoms with Gasteiger partial charge < -0.3 is 25.7 Å². The van der Waals surface area contributed by atoms with E-state index < -0.39 is 52.7 Å². The summed E-state index contributed by atoms with van der Waals surface area (Å²) in [5.74, 6) is -8.63. The van der Waals surface area contributed by atoms with Crippen LogP contribution in [0, 0.1) is 28.0 Å². The predicted octanol–water partition coefficient (Wildman–Crippen LogP) is 1.51. The number of nitrogens with zero attached hydrogens (tertiary/aromatic N) is 1. The Morgan fingerprint density at radius 2 is 1.93 bits per heavy atom. The minimum absolute atomic E-state index is 0.00112. The number of carboxylic acids is 1. The number of hydrogen-bond donors (Lipinski definition) is 4. The number of aliphatic carboxylic acids is 1. The molecule has 0 radical (unpaired) electrons. The third-order valence-electron chi connectivity index (χ3n) is 4.75. The third-order valence-corrected chi connectivity index (χ3v) is 5.07. The van der Waals surface area contributed by atoms with Crippen molar-refractivity contribution in [2.45, 2.75) is 31.3 Å². The summed E-state index contributed by atoms with van der Waals surface area (Å²) in [6, 6.07) is -1.12. The topological polar surface area (TPSA) is 113 Å². The number of amides is 1. The molecule has 0 aliphatic carbocycles. The molecule has 2 heterocycles. The van der Waals surface area contributed by atoms with Crippen LogP contribution in [0.1, 0.15) is 22.9 Å². The molecule has 7 nitrogen and oxygen atoms in total. The zero-order chi connectivity index (χ0) is 21.5. The maximum atomic E-state index is 14.1. The van der Waals surface area contributed by atoms with E-state index in [9.17, 15) is 27.2 Å². The Kier molecular flexibility index (Phi) is 5.75. The van der Waals surface area contributed by atoms with E-state index in [1.807, 2.05) is 0 Å². The van der Waals surface area contributed by atoms with Crippen LogP contribution >= 0.6 is 12.2 Å². The van der Waals surface area contributed by atoms with Crippen LogP contribution in [0.25, 0.3) is 0 Å². The average molecular weight is 432 g/mol. The smallest absolute Gasteiger partial charge is 0.322 e. The van der Waals surface area contributed by atoms with Crippen molar-refractivity contribution in [3.05, 3.63) is 51.1 Å². The number of H-pyrrole nitrogens is 1. The summed E-state index contributed by atoms with van der Waals surface area (Å²) in [5.41, 5.74) is 5.44. The van der Waals surface area contributed by atoms with E-state index in [1.54, 1.807) is 0 Å². The second kappa shape index (κ2) is 7.95. The highest BCUT2D eigenvalue weighted by molar-refractivity contribution is 7.71. The van der Waals surface area contributed by atoms with E-state index in [1.165, 1.54) is 4.57 Å². The lowest BCUT2D eigenvalue weighted by molar-refractivity contribution is -0.138. The van der Waals surface area contributed by atoms with Gasteiger partial charge in [-0.1, -0.05) is 0 Å². The van der Waals surface area contributed by atoms with Crippen molar-refractivity contribution < 1.29 is 32.3 Å². The minimum Gasteiger partial charge on any atom is -0.480 e. The quantitative estimate of drug-likeness (QED) is 0.314. The lowest BCUT2D eigenvalue weighted by Gasteiger charge is -2.13. The number of imidazole rings is 1. The Labute approximate surface area is 166 Å². The van der Waals surface area contributed by atoms with E-state index in [-0.39, 0.29) is 36.8 Å². The van der Waals surface area contributed by atoms with E-state index >= 15 is 0 Å². The van der Waals surface area contributed by atoms with Gasteiger partial charge in [0.15, 0.2) is 28.0 Å². The first-order valence-corrected chi connectivity index (χ1v) is 8.89. The molecule has 0 spiro atoms.